The molecule has 1 N–H and O–H groups in total. The number of carbonyl (C=O) groups excluding carboxylic acids is 3. The van der Waals surface area contributed by atoms with Crippen LogP contribution < -0.4 is 0 Å². The Morgan fingerprint density at radius 2 is 1.89 bits per heavy atom. The Morgan fingerprint density at radius 1 is 1.18 bits per heavy atom. The van der Waals surface area contributed by atoms with Crippen LogP contribution in [0.1, 0.15) is 24.6 Å². The van der Waals surface area contributed by atoms with Gasteiger partial charge in [-0.2, -0.15) is 5.10 Å². The minimum Gasteiger partial charge on any atom is -0.341 e. The zero-order valence-electron chi connectivity index (χ0n) is 15.7. The molecule has 9 nitrogen and oxygen atoms in total. The standard InChI is InChI=1S/C19H22N6O3/c1-23-11-16(27)25(19(23)28)12-15(26)24-9-7-14(8-10-24)18-20-17(21-22-18)13-5-3-2-4-6-13/h2-6,14H,7-12H2,1H3,(H,20,21,22). The zero-order valence-corrected chi connectivity index (χ0v) is 15.7. The Hall–Kier alpha value is -3.23. The van der Waals surface area contributed by atoms with E-state index in [0.29, 0.717) is 18.9 Å². The second-order valence-electron chi connectivity index (χ2n) is 7.18. The lowest BCUT2D eigenvalue weighted by Gasteiger charge is -2.31. The number of nitrogens with zero attached hydrogens (tertiary/aromatic N) is 5. The molecular weight excluding hydrogens is 360 g/mol. The highest BCUT2D eigenvalue weighted by Gasteiger charge is 2.36. The molecule has 0 saturated carbocycles. The topological polar surface area (TPSA) is 102 Å². The SMILES string of the molecule is CN1CC(=O)N(CC(=O)N2CCC(c3nc(-c4ccccc4)n[nH]3)CC2)C1=O. The van der Waals surface area contributed by atoms with Crippen molar-refractivity contribution in [1.29, 1.82) is 0 Å². The van der Waals surface area contributed by atoms with E-state index in [-0.39, 0.29) is 30.8 Å². The van der Waals surface area contributed by atoms with Crippen LogP contribution in [0.2, 0.25) is 0 Å². The smallest absolute Gasteiger partial charge is 0.327 e. The van der Waals surface area contributed by atoms with E-state index in [0.717, 1.165) is 29.1 Å². The molecular formula is C19H22N6O3. The Balaban J connectivity index is 1.34. The van der Waals surface area contributed by atoms with E-state index < -0.39 is 6.03 Å². The minimum atomic E-state index is -0.414. The molecule has 1 aromatic carbocycles. The number of rotatable bonds is 4. The van der Waals surface area contributed by atoms with Crippen LogP contribution in [-0.2, 0) is 9.59 Å². The van der Waals surface area contributed by atoms with Gasteiger partial charge in [0.1, 0.15) is 18.9 Å². The van der Waals surface area contributed by atoms with Gasteiger partial charge in [-0.1, -0.05) is 30.3 Å². The van der Waals surface area contributed by atoms with Crippen LogP contribution >= 0.6 is 0 Å². The number of hydrogen-bond donors (Lipinski definition) is 1. The van der Waals surface area contributed by atoms with E-state index in [1.165, 1.54) is 4.90 Å². The van der Waals surface area contributed by atoms with E-state index in [9.17, 15) is 14.4 Å². The third-order valence-corrected chi connectivity index (χ3v) is 5.29. The molecule has 2 aromatic rings. The lowest BCUT2D eigenvalue weighted by atomic mass is 9.96. The van der Waals surface area contributed by atoms with Crippen LogP contribution in [0.3, 0.4) is 0 Å². The number of imide groups is 1. The molecule has 3 heterocycles. The summed E-state index contributed by atoms with van der Waals surface area (Å²) in [5.41, 5.74) is 0.961. The van der Waals surface area contributed by atoms with Gasteiger partial charge in [0.15, 0.2) is 5.82 Å². The number of likely N-dealkylation sites (tertiary alicyclic amines) is 1. The van der Waals surface area contributed by atoms with Crippen molar-refractivity contribution in [2.45, 2.75) is 18.8 Å². The maximum atomic E-state index is 12.5. The molecule has 1 aromatic heterocycles. The summed E-state index contributed by atoms with van der Waals surface area (Å²) in [5, 5.41) is 7.33. The van der Waals surface area contributed by atoms with Crippen molar-refractivity contribution in [3.05, 3.63) is 36.2 Å². The summed E-state index contributed by atoms with van der Waals surface area (Å²) in [5.74, 6) is 1.18. The van der Waals surface area contributed by atoms with Gasteiger partial charge >= 0.3 is 6.03 Å². The molecule has 4 rings (SSSR count). The van der Waals surface area contributed by atoms with E-state index in [2.05, 4.69) is 15.2 Å². The van der Waals surface area contributed by atoms with Crippen molar-refractivity contribution in [2.75, 3.05) is 33.2 Å². The lowest BCUT2D eigenvalue weighted by molar-refractivity contribution is -0.137. The second-order valence-corrected chi connectivity index (χ2v) is 7.18. The molecule has 2 aliphatic heterocycles. The fourth-order valence-electron chi connectivity index (χ4n) is 3.64. The number of benzene rings is 1. The number of aromatic amines is 1. The molecule has 4 amide bonds. The van der Waals surface area contributed by atoms with Gasteiger partial charge in [0.05, 0.1) is 0 Å². The maximum absolute atomic E-state index is 12.5. The first-order chi connectivity index (χ1) is 13.5. The fraction of sp³-hybridized carbons (Fsp3) is 0.421. The van der Waals surface area contributed by atoms with Gasteiger partial charge in [-0.15, -0.1) is 0 Å². The summed E-state index contributed by atoms with van der Waals surface area (Å²) in [4.78, 5) is 44.9. The van der Waals surface area contributed by atoms with Gasteiger partial charge in [0, 0.05) is 31.6 Å². The monoisotopic (exact) mass is 382 g/mol. The van der Waals surface area contributed by atoms with Crippen LogP contribution in [-0.4, -0.2) is 81.0 Å². The van der Waals surface area contributed by atoms with E-state index in [4.69, 9.17) is 0 Å². The maximum Gasteiger partial charge on any atom is 0.327 e. The highest BCUT2D eigenvalue weighted by atomic mass is 16.2. The number of amides is 4. The fourth-order valence-corrected chi connectivity index (χ4v) is 3.64. The number of hydrogen-bond acceptors (Lipinski definition) is 5. The van der Waals surface area contributed by atoms with E-state index in [1.807, 2.05) is 30.3 Å². The molecule has 2 aliphatic rings. The molecule has 146 valence electrons. The first-order valence-electron chi connectivity index (χ1n) is 9.34. The largest absolute Gasteiger partial charge is 0.341 e. The number of carbonyl (C=O) groups is 3. The molecule has 0 atom stereocenters. The average molecular weight is 382 g/mol. The van der Waals surface area contributed by atoms with E-state index in [1.54, 1.807) is 11.9 Å². The number of nitrogens with one attached hydrogen (secondary N) is 1. The van der Waals surface area contributed by atoms with Crippen LogP contribution in [0.4, 0.5) is 4.79 Å². The molecule has 28 heavy (non-hydrogen) atoms. The Kier molecular flexibility index (Phi) is 4.81. The van der Waals surface area contributed by atoms with Gasteiger partial charge in [0.2, 0.25) is 5.91 Å². The van der Waals surface area contributed by atoms with Gasteiger partial charge in [-0.3, -0.25) is 19.6 Å². The molecule has 0 unspecified atom stereocenters. The zero-order chi connectivity index (χ0) is 19.7. The normalized spacial score (nSPS) is 18.2. The molecule has 0 bridgehead atoms. The molecule has 9 heteroatoms. The van der Waals surface area contributed by atoms with Crippen LogP contribution in [0, 0.1) is 0 Å². The lowest BCUT2D eigenvalue weighted by Crippen LogP contribution is -2.45. The predicted molar refractivity (Wildman–Crippen MR) is 100 cm³/mol. The van der Waals surface area contributed by atoms with Crippen molar-refractivity contribution in [3.63, 3.8) is 0 Å². The number of piperidine rings is 1. The quantitative estimate of drug-likeness (QED) is 0.797. The molecule has 2 saturated heterocycles. The Labute approximate surface area is 162 Å². The molecule has 0 radical (unpaired) electrons. The summed E-state index contributed by atoms with van der Waals surface area (Å²) in [6.45, 7) is 0.977. The van der Waals surface area contributed by atoms with Gasteiger partial charge < -0.3 is 9.80 Å². The molecule has 0 spiro atoms. The summed E-state index contributed by atoms with van der Waals surface area (Å²) in [6.07, 6.45) is 1.52. The number of H-pyrrole nitrogens is 1. The Morgan fingerprint density at radius 3 is 2.54 bits per heavy atom. The van der Waals surface area contributed by atoms with E-state index >= 15 is 0 Å². The Bertz CT molecular complexity index is 888. The van der Waals surface area contributed by atoms with Crippen LogP contribution in [0.15, 0.2) is 30.3 Å². The summed E-state index contributed by atoms with van der Waals surface area (Å²) >= 11 is 0. The van der Waals surface area contributed by atoms with Crippen molar-refractivity contribution < 1.29 is 14.4 Å². The average Bonchev–Trinajstić information content (AvgIpc) is 3.30. The second kappa shape index (κ2) is 7.41. The van der Waals surface area contributed by atoms with Crippen LogP contribution in [0.25, 0.3) is 11.4 Å². The van der Waals surface area contributed by atoms with Crippen molar-refractivity contribution in [1.82, 2.24) is 29.9 Å². The van der Waals surface area contributed by atoms with Gasteiger partial charge in [-0.05, 0) is 12.8 Å². The highest BCUT2D eigenvalue weighted by molar-refractivity contribution is 6.04. The highest BCUT2D eigenvalue weighted by Crippen LogP contribution is 2.27. The summed E-state index contributed by atoms with van der Waals surface area (Å²) < 4.78 is 0. The summed E-state index contributed by atoms with van der Waals surface area (Å²) in [6, 6.07) is 9.36. The first kappa shape index (κ1) is 18.1. The van der Waals surface area contributed by atoms with Gasteiger partial charge in [-0.25, -0.2) is 9.78 Å². The molecule has 2 fully saturated rings. The molecule has 0 aliphatic carbocycles. The third kappa shape index (κ3) is 3.47. The van der Waals surface area contributed by atoms with Gasteiger partial charge in [0.25, 0.3) is 5.91 Å². The number of likely N-dealkylation sites (N-methyl/N-ethyl adjacent to an activating group) is 1. The number of urea groups is 1. The third-order valence-electron chi connectivity index (χ3n) is 5.29. The van der Waals surface area contributed by atoms with Crippen LogP contribution in [0.5, 0.6) is 0 Å². The minimum absolute atomic E-state index is 0.0312. The van der Waals surface area contributed by atoms with Crippen molar-refractivity contribution >= 4 is 17.8 Å². The first-order valence-corrected chi connectivity index (χ1v) is 9.34. The predicted octanol–water partition coefficient (Wildman–Crippen LogP) is 1.07. The van der Waals surface area contributed by atoms with Crippen molar-refractivity contribution in [3.8, 4) is 11.4 Å². The van der Waals surface area contributed by atoms with Crippen molar-refractivity contribution in [2.24, 2.45) is 0 Å². The number of aromatic nitrogens is 3. The summed E-state index contributed by atoms with van der Waals surface area (Å²) in [7, 11) is 1.55.